The fourth-order valence-corrected chi connectivity index (χ4v) is 4.73. The molecule has 1 saturated carbocycles. The molecule has 4 rings (SSSR count). The fourth-order valence-electron chi connectivity index (χ4n) is 4.73. The molecule has 0 atom stereocenters. The Kier molecular flexibility index (Phi) is 8.83. The third-order valence-electron chi connectivity index (χ3n) is 6.53. The van der Waals surface area contributed by atoms with Gasteiger partial charge in [0.25, 0.3) is 0 Å². The molecule has 0 aliphatic heterocycles. The summed E-state index contributed by atoms with van der Waals surface area (Å²) in [6, 6.07) is 16.4. The molecule has 1 heterocycles. The number of carbonyl (C=O) groups excluding carboxylic acids is 1. The lowest BCUT2D eigenvalue weighted by Gasteiger charge is -2.18. The number of hydrogen-bond acceptors (Lipinski definition) is 4. The summed E-state index contributed by atoms with van der Waals surface area (Å²) in [5.74, 6) is 2.23. The molecule has 0 spiro atoms. The maximum Gasteiger partial charge on any atom is 0.171 e. The molecule has 1 aromatic heterocycles. The van der Waals surface area contributed by atoms with E-state index in [0.29, 0.717) is 17.9 Å². The maximum absolute atomic E-state index is 12.7. The lowest BCUT2D eigenvalue weighted by Crippen LogP contribution is -2.04. The molecule has 0 bridgehead atoms. The van der Waals surface area contributed by atoms with Crippen LogP contribution >= 0.6 is 0 Å². The van der Waals surface area contributed by atoms with Crippen LogP contribution in [0.1, 0.15) is 100.0 Å². The second-order valence-electron chi connectivity index (χ2n) is 8.87. The molecule has 33 heavy (non-hydrogen) atoms. The normalized spacial score (nSPS) is 14.6. The van der Waals surface area contributed by atoms with Crippen molar-refractivity contribution in [1.82, 2.24) is 9.97 Å². The fraction of sp³-hybridized carbons (Fsp3) is 0.483. The minimum absolute atomic E-state index is 0. The summed E-state index contributed by atoms with van der Waals surface area (Å²) in [5, 5.41) is 0.992. The molecule has 3 aromatic rings. The number of ether oxygens (including phenoxy) is 1. The van der Waals surface area contributed by atoms with Gasteiger partial charge in [-0.15, -0.1) is 0 Å². The molecule has 4 nitrogen and oxygen atoms in total. The van der Waals surface area contributed by atoms with Gasteiger partial charge in [0.2, 0.25) is 0 Å². The van der Waals surface area contributed by atoms with E-state index < -0.39 is 0 Å². The lowest BCUT2D eigenvalue weighted by atomic mass is 9.86. The van der Waals surface area contributed by atoms with Gasteiger partial charge in [0, 0.05) is 18.8 Å². The molecule has 0 unspecified atom stereocenters. The van der Waals surface area contributed by atoms with Crippen molar-refractivity contribution in [2.75, 3.05) is 7.11 Å². The summed E-state index contributed by atoms with van der Waals surface area (Å²) in [4.78, 5) is 21.9. The van der Waals surface area contributed by atoms with Crippen molar-refractivity contribution in [2.45, 2.75) is 84.5 Å². The van der Waals surface area contributed by atoms with Crippen LogP contribution in [0.5, 0.6) is 5.75 Å². The number of carbonyl (C=O) groups is 1. The Morgan fingerprint density at radius 2 is 1.82 bits per heavy atom. The van der Waals surface area contributed by atoms with E-state index in [1.807, 2.05) is 31.2 Å². The first-order valence-electron chi connectivity index (χ1n) is 11.9. The van der Waals surface area contributed by atoms with Crippen molar-refractivity contribution in [3.05, 3.63) is 65.1 Å². The predicted molar refractivity (Wildman–Crippen MR) is 136 cm³/mol. The van der Waals surface area contributed by atoms with Crippen LogP contribution in [0.3, 0.4) is 0 Å². The summed E-state index contributed by atoms with van der Waals surface area (Å²) in [6.07, 6.45) is 11.0. The molecule has 0 amide bonds. The highest BCUT2D eigenvalue weighted by atomic mass is 16.5. The Balaban J connectivity index is 0.00000204. The second kappa shape index (κ2) is 11.8. The van der Waals surface area contributed by atoms with E-state index in [2.05, 4.69) is 28.2 Å². The first-order valence-corrected chi connectivity index (χ1v) is 11.9. The predicted octanol–water partition coefficient (Wildman–Crippen LogP) is 7.46. The van der Waals surface area contributed by atoms with E-state index in [4.69, 9.17) is 4.74 Å². The monoisotopic (exact) mass is 446 g/mol. The van der Waals surface area contributed by atoms with Crippen LogP contribution in [0.2, 0.25) is 0 Å². The standard InChI is InChI=1S/C28H32N2O2.CH4.H2/c1-20-29-26(25-19-24(32-2)17-18-27(25)30-20)11-8-12-28(31)23-15-13-22(14-16-23)21-9-6-4-3-5-7-10-21;;/h13,15,17-19,21H,3-12H2,1-2H3;1H4;1H. The molecular weight excluding hydrogens is 408 g/mol. The van der Waals surface area contributed by atoms with Gasteiger partial charge in [-0.1, -0.05) is 51.7 Å². The van der Waals surface area contributed by atoms with Gasteiger partial charge < -0.3 is 4.74 Å². The zero-order valence-corrected chi connectivity index (χ0v) is 19.2. The summed E-state index contributed by atoms with van der Waals surface area (Å²) in [5.41, 5.74) is 3.74. The van der Waals surface area contributed by atoms with Crippen LogP contribution < -0.4 is 4.74 Å². The minimum atomic E-state index is 0. The number of nitrogens with zero attached hydrogens (tertiary/aromatic N) is 2. The molecule has 1 aliphatic carbocycles. The molecule has 1 fully saturated rings. The molecule has 0 radical (unpaired) electrons. The van der Waals surface area contributed by atoms with Crippen molar-refractivity contribution in [3.63, 3.8) is 0 Å². The highest BCUT2D eigenvalue weighted by Crippen LogP contribution is 2.30. The lowest BCUT2D eigenvalue weighted by molar-refractivity contribution is 0.0980. The van der Waals surface area contributed by atoms with Crippen molar-refractivity contribution in [3.8, 4) is 5.75 Å². The molecule has 0 N–H and O–H groups in total. The van der Waals surface area contributed by atoms with E-state index in [-0.39, 0.29) is 14.6 Å². The first-order chi connectivity index (χ1) is 15.6. The minimum Gasteiger partial charge on any atom is -0.497 e. The quantitative estimate of drug-likeness (QED) is 0.353. The second-order valence-corrected chi connectivity index (χ2v) is 8.87. The third-order valence-corrected chi connectivity index (χ3v) is 6.53. The largest absolute Gasteiger partial charge is 0.497 e. The third kappa shape index (κ3) is 6.32. The molecule has 4 heteroatoms. The number of aromatic nitrogens is 2. The zero-order valence-electron chi connectivity index (χ0n) is 19.2. The number of rotatable bonds is 7. The van der Waals surface area contributed by atoms with Crippen molar-refractivity contribution in [2.24, 2.45) is 0 Å². The molecule has 176 valence electrons. The SMILES string of the molecule is C.COc1ccc2nc(C)nc(CCCC(=O)c3c#cc(C4CCCCCCC4)cc3)c2c1.[HH]. The molecule has 1 aliphatic rings. The summed E-state index contributed by atoms with van der Waals surface area (Å²) in [6.45, 7) is 1.90. The van der Waals surface area contributed by atoms with Gasteiger partial charge >= 0.3 is 0 Å². The Labute approximate surface area is 200 Å². The number of ketones is 1. The highest BCUT2D eigenvalue weighted by molar-refractivity contribution is 5.95. The van der Waals surface area contributed by atoms with Gasteiger partial charge in [0.1, 0.15) is 11.6 Å². The zero-order chi connectivity index (χ0) is 22.3. The van der Waals surface area contributed by atoms with Gasteiger partial charge in [0.15, 0.2) is 5.78 Å². The van der Waals surface area contributed by atoms with Crippen LogP contribution in [0.15, 0.2) is 30.3 Å². The number of benzene rings is 1. The van der Waals surface area contributed by atoms with E-state index in [1.54, 1.807) is 7.11 Å². The Bertz CT molecular complexity index is 1060. The van der Waals surface area contributed by atoms with E-state index in [9.17, 15) is 4.79 Å². The van der Waals surface area contributed by atoms with Crippen molar-refractivity contribution >= 4 is 16.7 Å². The Hall–Kier alpha value is -2.93. The van der Waals surface area contributed by atoms with Crippen LogP contribution in [0.25, 0.3) is 10.9 Å². The van der Waals surface area contributed by atoms with Crippen molar-refractivity contribution in [1.29, 1.82) is 0 Å². The van der Waals surface area contributed by atoms with Gasteiger partial charge in [-0.3, -0.25) is 4.79 Å². The van der Waals surface area contributed by atoms with Gasteiger partial charge in [-0.2, -0.15) is 0 Å². The van der Waals surface area contributed by atoms with E-state index >= 15 is 0 Å². The summed E-state index contributed by atoms with van der Waals surface area (Å²) in [7, 11) is 1.66. The number of Topliss-reactive ketones (excluding diaryl/α,β-unsaturated/α-hetero) is 1. The van der Waals surface area contributed by atoms with Gasteiger partial charge in [-0.05, 0) is 68.9 Å². The molecular formula is C29H38N2O2. The van der Waals surface area contributed by atoms with Gasteiger partial charge in [-0.25, -0.2) is 9.97 Å². The molecule has 2 aromatic carbocycles. The molecule has 0 saturated heterocycles. The first kappa shape index (κ1) is 24.7. The number of aryl methyl sites for hydroxylation is 2. The Morgan fingerprint density at radius 3 is 2.52 bits per heavy atom. The van der Waals surface area contributed by atoms with Crippen LogP contribution in [0.4, 0.5) is 0 Å². The number of fused-ring (bicyclic) bond motifs is 1. The van der Waals surface area contributed by atoms with Crippen molar-refractivity contribution < 1.29 is 11.0 Å². The van der Waals surface area contributed by atoms with Crippen LogP contribution in [-0.4, -0.2) is 22.9 Å². The summed E-state index contributed by atoms with van der Waals surface area (Å²) >= 11 is 0. The van der Waals surface area contributed by atoms with Gasteiger partial charge in [0.05, 0.1) is 23.9 Å². The van der Waals surface area contributed by atoms with Crippen LogP contribution in [0, 0.1) is 19.1 Å². The maximum atomic E-state index is 12.7. The average Bonchev–Trinajstić information content (AvgIpc) is 2.78. The summed E-state index contributed by atoms with van der Waals surface area (Å²) < 4.78 is 5.36. The average molecular weight is 447 g/mol. The Morgan fingerprint density at radius 1 is 1.06 bits per heavy atom. The smallest absolute Gasteiger partial charge is 0.171 e. The number of methoxy groups -OCH3 is 1. The number of hydrogen-bond donors (Lipinski definition) is 0. The van der Waals surface area contributed by atoms with E-state index in [0.717, 1.165) is 41.0 Å². The van der Waals surface area contributed by atoms with E-state index in [1.165, 1.54) is 50.5 Å². The topological polar surface area (TPSA) is 52.1 Å². The van der Waals surface area contributed by atoms with Crippen LogP contribution in [-0.2, 0) is 6.42 Å². The highest BCUT2D eigenvalue weighted by Gasteiger charge is 2.15.